The Labute approximate surface area is 136 Å². The molecule has 116 valence electrons. The average molecular weight is 329 g/mol. The number of hydrazone groups is 1. The summed E-state index contributed by atoms with van der Waals surface area (Å²) in [5.74, 6) is 0. The molecule has 21 heavy (non-hydrogen) atoms. The molecule has 0 aliphatic carbocycles. The molecular formula is C14H21ClN4OS. The van der Waals surface area contributed by atoms with Gasteiger partial charge < -0.3 is 15.0 Å². The Hall–Kier alpha value is -1.37. The van der Waals surface area contributed by atoms with Crippen LogP contribution in [0.25, 0.3) is 0 Å². The molecule has 1 aromatic rings. The van der Waals surface area contributed by atoms with Crippen LogP contribution < -0.4 is 15.6 Å². The summed E-state index contributed by atoms with van der Waals surface area (Å²) in [6.45, 7) is 1.44. The van der Waals surface area contributed by atoms with Gasteiger partial charge in [0.1, 0.15) is 0 Å². The van der Waals surface area contributed by atoms with Crippen molar-refractivity contribution < 1.29 is 4.74 Å². The molecule has 0 aromatic heterocycles. The van der Waals surface area contributed by atoms with Gasteiger partial charge in [0.2, 0.25) is 0 Å². The van der Waals surface area contributed by atoms with E-state index in [-0.39, 0.29) is 0 Å². The second-order valence-corrected chi connectivity index (χ2v) is 5.39. The van der Waals surface area contributed by atoms with Crippen LogP contribution in [0.1, 0.15) is 12.0 Å². The van der Waals surface area contributed by atoms with Crippen LogP contribution in [-0.2, 0) is 4.74 Å². The minimum absolute atomic E-state index is 0.475. The maximum Gasteiger partial charge on any atom is 0.186 e. The first kappa shape index (κ1) is 17.7. The summed E-state index contributed by atoms with van der Waals surface area (Å²) in [4.78, 5) is 1.99. The van der Waals surface area contributed by atoms with Crippen molar-refractivity contribution in [3.63, 3.8) is 0 Å². The molecule has 0 spiro atoms. The lowest BCUT2D eigenvalue weighted by Crippen LogP contribution is -2.33. The summed E-state index contributed by atoms with van der Waals surface area (Å²) < 4.78 is 4.95. The van der Waals surface area contributed by atoms with Gasteiger partial charge in [-0.3, -0.25) is 5.43 Å². The monoisotopic (exact) mass is 328 g/mol. The van der Waals surface area contributed by atoms with Gasteiger partial charge in [0.05, 0.1) is 11.2 Å². The van der Waals surface area contributed by atoms with Crippen molar-refractivity contribution in [2.75, 3.05) is 39.3 Å². The van der Waals surface area contributed by atoms with Gasteiger partial charge in [-0.15, -0.1) is 0 Å². The standard InChI is InChI=1S/C14H21ClN4OS/c1-19(2)12-6-5-11(13(15)9-12)10-17-18-14(21)16-7-4-8-20-3/h5-6,9-10H,4,7-8H2,1-3H3,(H2,16,18,21). The van der Waals surface area contributed by atoms with E-state index >= 15 is 0 Å². The van der Waals surface area contributed by atoms with Crippen LogP contribution in [-0.4, -0.2) is 45.7 Å². The minimum Gasteiger partial charge on any atom is -0.385 e. The summed E-state index contributed by atoms with van der Waals surface area (Å²) >= 11 is 11.3. The SMILES string of the molecule is COCCCNC(=S)NN=Cc1ccc(N(C)C)cc1Cl. The lowest BCUT2D eigenvalue weighted by atomic mass is 10.2. The van der Waals surface area contributed by atoms with Crippen LogP contribution in [0, 0.1) is 0 Å². The average Bonchev–Trinajstić information content (AvgIpc) is 2.45. The number of hydrogen-bond acceptors (Lipinski definition) is 4. The van der Waals surface area contributed by atoms with Crippen LogP contribution in [0.3, 0.4) is 0 Å². The number of rotatable bonds is 7. The summed E-state index contributed by atoms with van der Waals surface area (Å²) in [5.41, 5.74) is 4.63. The highest BCUT2D eigenvalue weighted by Crippen LogP contribution is 2.21. The van der Waals surface area contributed by atoms with Gasteiger partial charge in [-0.05, 0) is 36.8 Å². The molecule has 0 saturated heterocycles. The molecule has 1 rings (SSSR count). The third-order valence-electron chi connectivity index (χ3n) is 2.68. The van der Waals surface area contributed by atoms with E-state index in [1.165, 1.54) is 0 Å². The van der Waals surface area contributed by atoms with Crippen LogP contribution >= 0.6 is 23.8 Å². The van der Waals surface area contributed by atoms with E-state index in [9.17, 15) is 0 Å². The lowest BCUT2D eigenvalue weighted by molar-refractivity contribution is 0.195. The van der Waals surface area contributed by atoms with Crippen molar-refractivity contribution in [1.82, 2.24) is 10.7 Å². The molecule has 0 unspecified atom stereocenters. The Morgan fingerprint density at radius 3 is 2.86 bits per heavy atom. The Balaban J connectivity index is 2.44. The minimum atomic E-state index is 0.475. The fraction of sp³-hybridized carbons (Fsp3) is 0.429. The predicted octanol–water partition coefficient (Wildman–Crippen LogP) is 2.24. The fourth-order valence-corrected chi connectivity index (χ4v) is 1.90. The number of ether oxygens (including phenoxy) is 1. The number of hydrogen-bond donors (Lipinski definition) is 2. The molecule has 2 N–H and O–H groups in total. The van der Waals surface area contributed by atoms with Gasteiger partial charge in [0.25, 0.3) is 0 Å². The van der Waals surface area contributed by atoms with E-state index in [1.807, 2.05) is 37.2 Å². The Bertz CT molecular complexity index is 494. The maximum atomic E-state index is 6.20. The second-order valence-electron chi connectivity index (χ2n) is 4.57. The molecule has 0 heterocycles. The molecule has 0 fully saturated rings. The number of benzene rings is 1. The summed E-state index contributed by atoms with van der Waals surface area (Å²) in [5, 5.41) is 8.22. The Kier molecular flexibility index (Phi) is 8.04. The first-order valence-electron chi connectivity index (χ1n) is 6.57. The van der Waals surface area contributed by atoms with Gasteiger partial charge in [-0.2, -0.15) is 5.10 Å². The summed E-state index contributed by atoms with van der Waals surface area (Å²) in [7, 11) is 5.61. The number of nitrogens with one attached hydrogen (secondary N) is 2. The lowest BCUT2D eigenvalue weighted by Gasteiger charge is -2.13. The molecule has 0 amide bonds. The van der Waals surface area contributed by atoms with Crippen molar-refractivity contribution in [3.8, 4) is 0 Å². The zero-order chi connectivity index (χ0) is 15.7. The largest absolute Gasteiger partial charge is 0.385 e. The quantitative estimate of drug-likeness (QED) is 0.348. The summed E-state index contributed by atoms with van der Waals surface area (Å²) in [6, 6.07) is 5.79. The van der Waals surface area contributed by atoms with Crippen LogP contribution in [0.4, 0.5) is 5.69 Å². The van der Waals surface area contributed by atoms with E-state index in [0.29, 0.717) is 16.7 Å². The van der Waals surface area contributed by atoms with E-state index in [1.54, 1.807) is 13.3 Å². The molecular weight excluding hydrogens is 308 g/mol. The highest BCUT2D eigenvalue weighted by Gasteiger charge is 2.01. The molecule has 0 bridgehead atoms. The number of halogens is 1. The molecule has 0 saturated carbocycles. The highest BCUT2D eigenvalue weighted by molar-refractivity contribution is 7.80. The third-order valence-corrected chi connectivity index (χ3v) is 3.24. The number of methoxy groups -OCH3 is 1. The van der Waals surface area contributed by atoms with Gasteiger partial charge in [0.15, 0.2) is 5.11 Å². The zero-order valence-electron chi connectivity index (χ0n) is 12.5. The van der Waals surface area contributed by atoms with Crippen LogP contribution in [0.2, 0.25) is 5.02 Å². The van der Waals surface area contributed by atoms with E-state index < -0.39 is 0 Å². The molecule has 0 atom stereocenters. The predicted molar refractivity (Wildman–Crippen MR) is 93.6 cm³/mol. The van der Waals surface area contributed by atoms with Crippen LogP contribution in [0.5, 0.6) is 0 Å². The van der Waals surface area contributed by atoms with Gasteiger partial charge in [-0.25, -0.2) is 0 Å². The Morgan fingerprint density at radius 2 is 2.24 bits per heavy atom. The second kappa shape index (κ2) is 9.55. The van der Waals surface area contributed by atoms with E-state index in [0.717, 1.165) is 24.2 Å². The molecule has 0 radical (unpaired) electrons. The van der Waals surface area contributed by atoms with Crippen molar-refractivity contribution in [2.45, 2.75) is 6.42 Å². The van der Waals surface area contributed by atoms with Gasteiger partial charge >= 0.3 is 0 Å². The van der Waals surface area contributed by atoms with E-state index in [4.69, 9.17) is 28.6 Å². The molecule has 0 aliphatic heterocycles. The number of nitrogens with zero attached hydrogens (tertiary/aromatic N) is 2. The van der Waals surface area contributed by atoms with Gasteiger partial charge in [0, 0.05) is 45.6 Å². The molecule has 0 aliphatic rings. The number of anilines is 1. The molecule has 1 aromatic carbocycles. The number of thiocarbonyl (C=S) groups is 1. The highest BCUT2D eigenvalue weighted by atomic mass is 35.5. The topological polar surface area (TPSA) is 48.9 Å². The normalized spacial score (nSPS) is 10.7. The first-order valence-corrected chi connectivity index (χ1v) is 7.36. The van der Waals surface area contributed by atoms with Crippen molar-refractivity contribution in [1.29, 1.82) is 0 Å². The molecule has 7 heteroatoms. The fourth-order valence-electron chi connectivity index (χ4n) is 1.52. The third kappa shape index (κ3) is 6.75. The van der Waals surface area contributed by atoms with Crippen molar-refractivity contribution in [3.05, 3.63) is 28.8 Å². The Morgan fingerprint density at radius 1 is 1.48 bits per heavy atom. The first-order chi connectivity index (χ1) is 10.0. The van der Waals surface area contributed by atoms with Crippen LogP contribution in [0.15, 0.2) is 23.3 Å². The van der Waals surface area contributed by atoms with Crippen molar-refractivity contribution >= 4 is 40.8 Å². The van der Waals surface area contributed by atoms with Gasteiger partial charge in [-0.1, -0.05) is 11.6 Å². The zero-order valence-corrected chi connectivity index (χ0v) is 14.1. The van der Waals surface area contributed by atoms with E-state index in [2.05, 4.69) is 15.8 Å². The maximum absolute atomic E-state index is 6.20. The molecule has 5 nitrogen and oxygen atoms in total. The van der Waals surface area contributed by atoms with Crippen molar-refractivity contribution in [2.24, 2.45) is 5.10 Å². The summed E-state index contributed by atoms with van der Waals surface area (Å²) in [6.07, 6.45) is 2.53. The smallest absolute Gasteiger partial charge is 0.186 e.